The first-order valence-electron chi connectivity index (χ1n) is 17.7. The zero-order valence-corrected chi connectivity index (χ0v) is 27.7. The Hall–Kier alpha value is -0.160. The van der Waals surface area contributed by atoms with E-state index < -0.39 is 0 Å². The summed E-state index contributed by atoms with van der Waals surface area (Å²) >= 11 is 0. The lowest BCUT2D eigenvalue weighted by molar-refractivity contribution is -0.941. The van der Waals surface area contributed by atoms with E-state index in [9.17, 15) is 5.11 Å². The minimum absolute atomic E-state index is 0.0258. The highest BCUT2D eigenvalue weighted by Crippen LogP contribution is 2.18. The van der Waals surface area contributed by atoms with Crippen molar-refractivity contribution in [3.05, 3.63) is 0 Å². The Labute approximate surface area is 246 Å². The maximum Gasteiger partial charge on any atom is 0.219 e. The highest BCUT2D eigenvalue weighted by molar-refractivity contribution is 4.59. The number of ether oxygens (including phenoxy) is 2. The summed E-state index contributed by atoms with van der Waals surface area (Å²) in [4.78, 5) is 0. The summed E-state index contributed by atoms with van der Waals surface area (Å²) in [6.07, 6.45) is 32.7. The molecule has 0 aliphatic carbocycles. The molecule has 0 aromatic rings. The van der Waals surface area contributed by atoms with Crippen LogP contribution in [0.4, 0.5) is 0 Å². The van der Waals surface area contributed by atoms with Crippen LogP contribution in [0.5, 0.6) is 0 Å². The summed E-state index contributed by atoms with van der Waals surface area (Å²) in [6, 6.07) is 0. The third kappa shape index (κ3) is 25.3. The molecular weight excluding hydrogens is 482 g/mol. The molecule has 0 rings (SSSR count). The first-order valence-corrected chi connectivity index (χ1v) is 17.7. The Kier molecular flexibility index (Phi) is 29.2. The van der Waals surface area contributed by atoms with Crippen molar-refractivity contribution in [3.63, 3.8) is 0 Å². The van der Waals surface area contributed by atoms with Gasteiger partial charge in [-0.05, 0) is 19.8 Å². The number of quaternary nitrogens is 1. The van der Waals surface area contributed by atoms with E-state index in [1.807, 2.05) is 0 Å². The zero-order valence-electron chi connectivity index (χ0n) is 27.7. The maximum atomic E-state index is 9.60. The molecule has 1 N–H and O–H groups in total. The highest BCUT2D eigenvalue weighted by Gasteiger charge is 2.34. The summed E-state index contributed by atoms with van der Waals surface area (Å²) in [6.45, 7) is 9.21. The van der Waals surface area contributed by atoms with E-state index in [1.165, 1.54) is 141 Å². The van der Waals surface area contributed by atoms with Crippen LogP contribution in [0.2, 0.25) is 0 Å². The van der Waals surface area contributed by atoms with Gasteiger partial charge < -0.3 is 14.6 Å². The number of unbranched alkanes of at least 4 members (excludes halogenated alkanes) is 22. The van der Waals surface area contributed by atoms with E-state index in [0.717, 1.165) is 26.1 Å². The Balaban J connectivity index is 3.92. The van der Waals surface area contributed by atoms with Gasteiger partial charge in [0.25, 0.3) is 0 Å². The topological polar surface area (TPSA) is 38.7 Å². The molecule has 0 fully saturated rings. The summed E-state index contributed by atoms with van der Waals surface area (Å²) in [5.74, 6) is 0. The second-order valence-electron chi connectivity index (χ2n) is 12.8. The van der Waals surface area contributed by atoms with Gasteiger partial charge in [0, 0.05) is 6.61 Å². The number of likely N-dealkylation sites (N-methyl/N-ethyl adjacent to an activating group) is 1. The summed E-state index contributed by atoms with van der Waals surface area (Å²) in [7, 11) is 4.32. The van der Waals surface area contributed by atoms with Crippen molar-refractivity contribution in [2.45, 2.75) is 187 Å². The molecule has 0 aromatic carbocycles. The Morgan fingerprint density at radius 2 is 0.795 bits per heavy atom. The molecule has 39 heavy (non-hydrogen) atoms. The number of aliphatic hydroxyl groups excluding tert-OH is 1. The van der Waals surface area contributed by atoms with Crippen molar-refractivity contribution in [2.24, 2.45) is 0 Å². The fourth-order valence-corrected chi connectivity index (χ4v) is 5.73. The van der Waals surface area contributed by atoms with Crippen LogP contribution in [0.3, 0.4) is 0 Å². The Morgan fingerprint density at radius 3 is 1.13 bits per heavy atom. The first kappa shape index (κ1) is 38.8. The molecule has 236 valence electrons. The molecule has 0 bridgehead atoms. The molecule has 2 atom stereocenters. The van der Waals surface area contributed by atoms with Crippen molar-refractivity contribution in [3.8, 4) is 0 Å². The van der Waals surface area contributed by atoms with Gasteiger partial charge in [0.05, 0.1) is 27.3 Å². The normalized spacial score (nSPS) is 13.7. The average molecular weight is 557 g/mol. The number of aliphatic hydroxyl groups is 1. The van der Waals surface area contributed by atoms with Gasteiger partial charge in [0.1, 0.15) is 12.6 Å². The average Bonchev–Trinajstić information content (AvgIpc) is 2.91. The van der Waals surface area contributed by atoms with Crippen LogP contribution in [0.1, 0.15) is 175 Å². The minimum Gasteiger partial charge on any atom is -0.391 e. The van der Waals surface area contributed by atoms with E-state index in [0.29, 0.717) is 11.0 Å². The van der Waals surface area contributed by atoms with E-state index in [2.05, 4.69) is 34.9 Å². The highest BCUT2D eigenvalue weighted by atomic mass is 16.6. The van der Waals surface area contributed by atoms with Crippen LogP contribution >= 0.6 is 0 Å². The van der Waals surface area contributed by atoms with E-state index in [1.54, 1.807) is 0 Å². The largest absolute Gasteiger partial charge is 0.391 e. The molecule has 2 unspecified atom stereocenters. The number of hydrogen-bond acceptors (Lipinski definition) is 3. The van der Waals surface area contributed by atoms with E-state index in [4.69, 9.17) is 9.47 Å². The molecule has 0 aromatic heterocycles. The SMILES string of the molecule is CCCCCCCCCCCCCCOC(C)C(OCCCCCCCCCCCCCC)[N+](C)(C)CCO. The maximum absolute atomic E-state index is 9.60. The van der Waals surface area contributed by atoms with Crippen LogP contribution in [0, 0.1) is 0 Å². The summed E-state index contributed by atoms with van der Waals surface area (Å²) in [5, 5.41) is 9.60. The third-order valence-electron chi connectivity index (χ3n) is 8.43. The molecule has 0 heterocycles. The second-order valence-corrected chi connectivity index (χ2v) is 12.8. The van der Waals surface area contributed by atoms with E-state index >= 15 is 0 Å². The molecule has 0 saturated carbocycles. The molecule has 0 amide bonds. The van der Waals surface area contributed by atoms with Gasteiger partial charge in [-0.15, -0.1) is 0 Å². The Bertz CT molecular complexity index is 471. The van der Waals surface area contributed by atoms with Crippen LogP contribution in [0.15, 0.2) is 0 Å². The molecule has 4 nitrogen and oxygen atoms in total. The fourth-order valence-electron chi connectivity index (χ4n) is 5.73. The van der Waals surface area contributed by atoms with Crippen molar-refractivity contribution in [2.75, 3.05) is 40.5 Å². The smallest absolute Gasteiger partial charge is 0.219 e. The van der Waals surface area contributed by atoms with Gasteiger partial charge in [-0.3, -0.25) is 4.48 Å². The summed E-state index contributed by atoms with van der Waals surface area (Å²) < 4.78 is 13.3. The minimum atomic E-state index is -0.0258. The van der Waals surface area contributed by atoms with Gasteiger partial charge in [0.2, 0.25) is 6.23 Å². The van der Waals surface area contributed by atoms with Gasteiger partial charge in [0.15, 0.2) is 0 Å². The lowest BCUT2D eigenvalue weighted by atomic mass is 10.1. The first-order chi connectivity index (χ1) is 19.0. The van der Waals surface area contributed by atoms with Gasteiger partial charge in [-0.2, -0.15) is 0 Å². The van der Waals surface area contributed by atoms with Crippen molar-refractivity contribution in [1.82, 2.24) is 0 Å². The van der Waals surface area contributed by atoms with E-state index in [-0.39, 0.29) is 18.9 Å². The predicted octanol–water partition coefficient (Wildman–Crippen LogP) is 10.2. The third-order valence-corrected chi connectivity index (χ3v) is 8.43. The molecule has 0 radical (unpaired) electrons. The van der Waals surface area contributed by atoms with Crippen LogP contribution in [0.25, 0.3) is 0 Å². The van der Waals surface area contributed by atoms with Gasteiger partial charge in [-0.25, -0.2) is 0 Å². The lowest BCUT2D eigenvalue weighted by Gasteiger charge is -2.40. The van der Waals surface area contributed by atoms with Gasteiger partial charge in [-0.1, -0.05) is 155 Å². The second kappa shape index (κ2) is 29.3. The number of nitrogens with zero attached hydrogens (tertiary/aromatic N) is 1. The van der Waals surface area contributed by atoms with Crippen molar-refractivity contribution >= 4 is 0 Å². The molecule has 4 heteroatoms. The molecule has 0 spiro atoms. The van der Waals surface area contributed by atoms with Crippen LogP contribution in [-0.4, -0.2) is 62.4 Å². The summed E-state index contributed by atoms with van der Waals surface area (Å²) in [5.41, 5.74) is 0. The zero-order chi connectivity index (χ0) is 28.9. The predicted molar refractivity (Wildman–Crippen MR) is 171 cm³/mol. The number of rotatable bonds is 32. The quantitative estimate of drug-likeness (QED) is 0.0509. The molecule has 0 aliphatic heterocycles. The van der Waals surface area contributed by atoms with Gasteiger partial charge >= 0.3 is 0 Å². The Morgan fingerprint density at radius 1 is 0.487 bits per heavy atom. The van der Waals surface area contributed by atoms with Crippen LogP contribution < -0.4 is 0 Å². The molecule has 0 saturated heterocycles. The standard InChI is InChI=1S/C35H74NO3/c1-6-8-10-12-14-16-18-20-22-24-26-28-32-38-34(3)35(36(4,5)30-31-37)39-33-29-27-25-23-21-19-17-15-13-11-9-7-2/h34-35,37H,6-33H2,1-5H3/q+1. The monoisotopic (exact) mass is 557 g/mol. The van der Waals surface area contributed by atoms with Crippen molar-refractivity contribution in [1.29, 1.82) is 0 Å². The fraction of sp³-hybridized carbons (Fsp3) is 1.00. The van der Waals surface area contributed by atoms with Crippen molar-refractivity contribution < 1.29 is 19.1 Å². The number of hydrogen-bond donors (Lipinski definition) is 1. The molecule has 0 aliphatic rings. The lowest BCUT2D eigenvalue weighted by Crippen LogP contribution is -2.57. The molecular formula is C35H74NO3+. The van der Waals surface area contributed by atoms with Crippen LogP contribution in [-0.2, 0) is 9.47 Å².